The molecular weight excluding hydrogens is 274 g/mol. The van der Waals surface area contributed by atoms with Crippen molar-refractivity contribution in [1.82, 2.24) is 9.78 Å². The van der Waals surface area contributed by atoms with E-state index in [1.165, 1.54) is 4.68 Å². The minimum atomic E-state index is -0.707. The van der Waals surface area contributed by atoms with Gasteiger partial charge in [0.1, 0.15) is 5.69 Å². The fourth-order valence-corrected chi connectivity index (χ4v) is 2.56. The first-order valence-corrected chi connectivity index (χ1v) is 7.26. The van der Waals surface area contributed by atoms with Gasteiger partial charge in [0.25, 0.3) is 5.56 Å². The van der Waals surface area contributed by atoms with Gasteiger partial charge in [-0.2, -0.15) is 5.10 Å². The number of nitrogens with zero attached hydrogens (tertiary/aromatic N) is 2. The molecule has 20 heavy (non-hydrogen) atoms. The van der Waals surface area contributed by atoms with Crippen LogP contribution in [0, 0.1) is 0 Å². The van der Waals surface area contributed by atoms with Crippen LogP contribution in [0.4, 0.5) is 0 Å². The summed E-state index contributed by atoms with van der Waals surface area (Å²) in [4.78, 5) is 13.4. The highest BCUT2D eigenvalue weighted by atomic mass is 32.1. The minimum Gasteiger partial charge on any atom is -0.383 e. The van der Waals surface area contributed by atoms with E-state index in [2.05, 4.69) is 5.10 Å². The molecule has 5 nitrogen and oxygen atoms in total. The molecule has 108 valence electrons. The second-order valence-corrected chi connectivity index (χ2v) is 6.11. The number of rotatable bonds is 5. The van der Waals surface area contributed by atoms with E-state index in [0.717, 1.165) is 10.6 Å². The molecule has 6 heteroatoms. The van der Waals surface area contributed by atoms with Crippen molar-refractivity contribution in [2.45, 2.75) is 25.9 Å². The number of nitrogens with two attached hydrogens (primary N) is 1. The zero-order valence-electron chi connectivity index (χ0n) is 11.9. The fraction of sp³-hybridized carbons (Fsp3) is 0.429. The normalized spacial score (nSPS) is 11.8. The van der Waals surface area contributed by atoms with Crippen LogP contribution in [0.3, 0.4) is 0 Å². The van der Waals surface area contributed by atoms with Gasteiger partial charge in [0, 0.05) is 18.2 Å². The summed E-state index contributed by atoms with van der Waals surface area (Å²) in [5.74, 6) is 0. The standard InChI is InChI=1S/C14H19N3O2S/c1-14(2,15)10-9-11(12-5-4-8-20-12)16-17(13(10)18)6-7-19-3/h4-5,8-9H,6-7,15H2,1-3H3. The molecule has 0 saturated heterocycles. The molecule has 0 fully saturated rings. The Morgan fingerprint density at radius 2 is 2.25 bits per heavy atom. The van der Waals surface area contributed by atoms with Gasteiger partial charge in [0.05, 0.1) is 18.0 Å². The maximum Gasteiger partial charge on any atom is 0.271 e. The molecule has 2 aromatic rings. The van der Waals surface area contributed by atoms with Crippen molar-refractivity contribution < 1.29 is 4.74 Å². The highest BCUT2D eigenvalue weighted by Crippen LogP contribution is 2.24. The summed E-state index contributed by atoms with van der Waals surface area (Å²) < 4.78 is 6.46. The topological polar surface area (TPSA) is 70.1 Å². The van der Waals surface area contributed by atoms with Gasteiger partial charge in [0.15, 0.2) is 0 Å². The average molecular weight is 293 g/mol. The van der Waals surface area contributed by atoms with E-state index in [4.69, 9.17) is 10.5 Å². The minimum absolute atomic E-state index is 0.158. The summed E-state index contributed by atoms with van der Waals surface area (Å²) in [7, 11) is 1.60. The van der Waals surface area contributed by atoms with Crippen LogP contribution >= 0.6 is 11.3 Å². The Kier molecular flexibility index (Phi) is 4.37. The molecule has 2 aromatic heterocycles. The molecule has 0 atom stereocenters. The molecule has 0 aliphatic carbocycles. The Hall–Kier alpha value is -1.50. The van der Waals surface area contributed by atoms with Gasteiger partial charge in [-0.1, -0.05) is 6.07 Å². The number of hydrogen-bond acceptors (Lipinski definition) is 5. The summed E-state index contributed by atoms with van der Waals surface area (Å²) >= 11 is 1.58. The third kappa shape index (κ3) is 3.15. The first-order valence-electron chi connectivity index (χ1n) is 6.38. The Morgan fingerprint density at radius 3 is 2.80 bits per heavy atom. The summed E-state index contributed by atoms with van der Waals surface area (Å²) in [5.41, 5.74) is 6.57. The summed E-state index contributed by atoms with van der Waals surface area (Å²) in [5, 5.41) is 6.39. The summed E-state index contributed by atoms with van der Waals surface area (Å²) in [6.45, 7) is 4.49. The van der Waals surface area contributed by atoms with Crippen LogP contribution in [0.2, 0.25) is 0 Å². The average Bonchev–Trinajstić information content (AvgIpc) is 2.90. The highest BCUT2D eigenvalue weighted by molar-refractivity contribution is 7.13. The molecule has 0 aliphatic heterocycles. The summed E-state index contributed by atoms with van der Waals surface area (Å²) in [6, 6.07) is 5.72. The van der Waals surface area contributed by atoms with Gasteiger partial charge in [0.2, 0.25) is 0 Å². The molecule has 0 amide bonds. The zero-order valence-corrected chi connectivity index (χ0v) is 12.7. The zero-order chi connectivity index (χ0) is 14.8. The van der Waals surface area contributed by atoms with E-state index < -0.39 is 5.54 Å². The Morgan fingerprint density at radius 1 is 1.50 bits per heavy atom. The van der Waals surface area contributed by atoms with Crippen molar-refractivity contribution in [3.8, 4) is 10.6 Å². The lowest BCUT2D eigenvalue weighted by atomic mass is 9.96. The van der Waals surface area contributed by atoms with Crippen LogP contribution < -0.4 is 11.3 Å². The van der Waals surface area contributed by atoms with Crippen molar-refractivity contribution in [3.63, 3.8) is 0 Å². The number of thiophene rings is 1. The molecule has 2 N–H and O–H groups in total. The van der Waals surface area contributed by atoms with Crippen LogP contribution in [0.15, 0.2) is 28.4 Å². The predicted molar refractivity (Wildman–Crippen MR) is 80.9 cm³/mol. The molecule has 0 aliphatic rings. The van der Waals surface area contributed by atoms with E-state index in [1.54, 1.807) is 24.5 Å². The fourth-order valence-electron chi connectivity index (χ4n) is 1.88. The predicted octanol–water partition coefficient (Wildman–Crippen LogP) is 1.81. The lowest BCUT2D eigenvalue weighted by Gasteiger charge is -2.20. The van der Waals surface area contributed by atoms with Gasteiger partial charge >= 0.3 is 0 Å². The number of methoxy groups -OCH3 is 1. The Balaban J connectivity index is 2.57. The van der Waals surface area contributed by atoms with Crippen LogP contribution in [0.25, 0.3) is 10.6 Å². The second kappa shape index (κ2) is 5.87. The molecule has 0 bridgehead atoms. The quantitative estimate of drug-likeness (QED) is 0.912. The second-order valence-electron chi connectivity index (χ2n) is 5.16. The molecule has 2 heterocycles. The molecule has 0 aromatic carbocycles. The van der Waals surface area contributed by atoms with Gasteiger partial charge in [-0.15, -0.1) is 11.3 Å². The lowest BCUT2D eigenvalue weighted by molar-refractivity contribution is 0.181. The van der Waals surface area contributed by atoms with Crippen LogP contribution in [0.5, 0.6) is 0 Å². The van der Waals surface area contributed by atoms with Gasteiger partial charge in [-0.05, 0) is 31.4 Å². The third-order valence-electron chi connectivity index (χ3n) is 2.95. The first-order chi connectivity index (χ1) is 9.43. The van der Waals surface area contributed by atoms with Crippen LogP contribution in [0.1, 0.15) is 19.4 Å². The van der Waals surface area contributed by atoms with Crippen molar-refractivity contribution in [2.75, 3.05) is 13.7 Å². The van der Waals surface area contributed by atoms with Gasteiger partial charge in [-0.25, -0.2) is 4.68 Å². The van der Waals surface area contributed by atoms with Crippen molar-refractivity contribution >= 4 is 11.3 Å². The van der Waals surface area contributed by atoms with Crippen molar-refractivity contribution in [1.29, 1.82) is 0 Å². The Bertz CT molecular complexity index is 627. The van der Waals surface area contributed by atoms with E-state index >= 15 is 0 Å². The summed E-state index contributed by atoms with van der Waals surface area (Å²) in [6.07, 6.45) is 0. The first kappa shape index (κ1) is 14.9. The van der Waals surface area contributed by atoms with E-state index in [9.17, 15) is 4.79 Å². The maximum absolute atomic E-state index is 12.4. The Labute approximate surface area is 122 Å². The van der Waals surface area contributed by atoms with E-state index in [-0.39, 0.29) is 5.56 Å². The number of aromatic nitrogens is 2. The monoisotopic (exact) mass is 293 g/mol. The van der Waals surface area contributed by atoms with E-state index in [1.807, 2.05) is 31.4 Å². The van der Waals surface area contributed by atoms with Gasteiger partial charge < -0.3 is 10.5 Å². The largest absolute Gasteiger partial charge is 0.383 e. The maximum atomic E-state index is 12.4. The van der Waals surface area contributed by atoms with Crippen molar-refractivity contribution in [3.05, 3.63) is 39.5 Å². The van der Waals surface area contributed by atoms with Crippen LogP contribution in [-0.2, 0) is 16.8 Å². The van der Waals surface area contributed by atoms with Crippen LogP contribution in [-0.4, -0.2) is 23.5 Å². The molecule has 0 unspecified atom stereocenters. The molecular formula is C14H19N3O2S. The number of hydrogen-bond donors (Lipinski definition) is 1. The highest BCUT2D eigenvalue weighted by Gasteiger charge is 2.21. The SMILES string of the molecule is COCCn1nc(-c2cccs2)cc(C(C)(C)N)c1=O. The third-order valence-corrected chi connectivity index (χ3v) is 3.84. The molecule has 0 spiro atoms. The lowest BCUT2D eigenvalue weighted by Crippen LogP contribution is -2.39. The number of ether oxygens (including phenoxy) is 1. The van der Waals surface area contributed by atoms with Gasteiger partial charge in [-0.3, -0.25) is 4.79 Å². The van der Waals surface area contributed by atoms with Crippen molar-refractivity contribution in [2.24, 2.45) is 5.73 Å². The smallest absolute Gasteiger partial charge is 0.271 e. The molecule has 0 saturated carbocycles. The molecule has 2 rings (SSSR count). The molecule has 0 radical (unpaired) electrons. The van der Waals surface area contributed by atoms with E-state index in [0.29, 0.717) is 18.7 Å².